The van der Waals surface area contributed by atoms with Crippen LogP contribution >= 0.6 is 11.6 Å². The molecule has 2 rings (SSSR count). The Hall–Kier alpha value is -1.28. The molecule has 1 heterocycles. The van der Waals surface area contributed by atoms with E-state index in [0.29, 0.717) is 5.15 Å². The van der Waals surface area contributed by atoms with Gasteiger partial charge in [0.05, 0.1) is 5.69 Å². The summed E-state index contributed by atoms with van der Waals surface area (Å²) in [4.78, 5) is 0. The van der Waals surface area contributed by atoms with E-state index in [9.17, 15) is 0 Å². The van der Waals surface area contributed by atoms with Gasteiger partial charge >= 0.3 is 0 Å². The van der Waals surface area contributed by atoms with E-state index in [1.165, 1.54) is 11.1 Å². The van der Waals surface area contributed by atoms with Gasteiger partial charge in [-0.05, 0) is 31.0 Å². The summed E-state index contributed by atoms with van der Waals surface area (Å²) in [5, 5.41) is 4.50. The zero-order chi connectivity index (χ0) is 10.1. The molecule has 0 N–H and O–H groups in total. The topological polar surface area (TPSA) is 17.8 Å². The molecule has 0 aliphatic carbocycles. The van der Waals surface area contributed by atoms with E-state index >= 15 is 0 Å². The Morgan fingerprint density at radius 2 is 2.14 bits per heavy atom. The zero-order valence-electron chi connectivity index (χ0n) is 8.08. The fourth-order valence-corrected chi connectivity index (χ4v) is 1.50. The maximum atomic E-state index is 5.71. The predicted octanol–water partition coefficient (Wildman–Crippen LogP) is 2.94. The molecule has 1 radical (unpaired) electrons. The first-order valence-electron chi connectivity index (χ1n) is 4.38. The van der Waals surface area contributed by atoms with Crippen LogP contribution in [0.15, 0.2) is 24.4 Å². The first-order valence-corrected chi connectivity index (χ1v) is 4.76. The molecule has 2 nitrogen and oxygen atoms in total. The van der Waals surface area contributed by atoms with Gasteiger partial charge in [0.1, 0.15) is 0 Å². The van der Waals surface area contributed by atoms with Crippen LogP contribution in [0.3, 0.4) is 0 Å². The van der Waals surface area contributed by atoms with Crippen LogP contribution in [0.5, 0.6) is 0 Å². The molecule has 0 aliphatic rings. The van der Waals surface area contributed by atoms with E-state index in [4.69, 9.17) is 11.6 Å². The van der Waals surface area contributed by atoms with E-state index in [1.807, 2.05) is 12.1 Å². The van der Waals surface area contributed by atoms with Gasteiger partial charge in [0.25, 0.3) is 0 Å². The number of nitrogens with zero attached hydrogens (tertiary/aromatic N) is 2. The number of hydrogen-bond donors (Lipinski definition) is 0. The van der Waals surface area contributed by atoms with Gasteiger partial charge in [0.2, 0.25) is 0 Å². The molecule has 0 atom stereocenters. The minimum Gasteiger partial charge on any atom is -0.239 e. The molecule has 0 aliphatic heterocycles. The molecule has 71 valence electrons. The van der Waals surface area contributed by atoms with Gasteiger partial charge in [0.15, 0.2) is 5.15 Å². The minimum atomic E-state index is 0.394. The van der Waals surface area contributed by atoms with E-state index in [1.54, 1.807) is 10.9 Å². The van der Waals surface area contributed by atoms with Crippen LogP contribution in [-0.2, 0) is 0 Å². The molecule has 0 fully saturated rings. The van der Waals surface area contributed by atoms with Crippen molar-refractivity contribution in [3.05, 3.63) is 46.7 Å². The number of aromatic nitrogens is 2. The van der Waals surface area contributed by atoms with E-state index in [-0.39, 0.29) is 0 Å². The average molecular weight is 206 g/mol. The van der Waals surface area contributed by atoms with Crippen LogP contribution in [-0.4, -0.2) is 9.78 Å². The monoisotopic (exact) mass is 205 g/mol. The molecule has 0 unspecified atom stereocenters. The van der Waals surface area contributed by atoms with Crippen molar-refractivity contribution >= 4 is 11.6 Å². The van der Waals surface area contributed by atoms with Crippen LogP contribution in [0.1, 0.15) is 11.1 Å². The lowest BCUT2D eigenvalue weighted by Gasteiger charge is -2.07. The zero-order valence-corrected chi connectivity index (χ0v) is 8.84. The second kappa shape index (κ2) is 3.46. The molecule has 0 amide bonds. The van der Waals surface area contributed by atoms with Gasteiger partial charge in [-0.3, -0.25) is 0 Å². The third-order valence-corrected chi connectivity index (χ3v) is 2.51. The predicted molar refractivity (Wildman–Crippen MR) is 56.9 cm³/mol. The Labute approximate surface area is 88.1 Å². The Morgan fingerprint density at radius 3 is 2.79 bits per heavy atom. The van der Waals surface area contributed by atoms with Gasteiger partial charge in [0, 0.05) is 12.3 Å². The summed E-state index contributed by atoms with van der Waals surface area (Å²) in [5.74, 6) is 0. The first kappa shape index (κ1) is 9.28. The summed E-state index contributed by atoms with van der Waals surface area (Å²) in [6.45, 7) is 4.15. The van der Waals surface area contributed by atoms with Crippen molar-refractivity contribution < 1.29 is 0 Å². The highest BCUT2D eigenvalue weighted by Gasteiger charge is 2.04. The van der Waals surface area contributed by atoms with Gasteiger partial charge in [-0.2, -0.15) is 5.10 Å². The van der Waals surface area contributed by atoms with Crippen molar-refractivity contribution in [3.63, 3.8) is 0 Å². The van der Waals surface area contributed by atoms with E-state index in [2.05, 4.69) is 31.1 Å². The standard InChI is InChI=1S/C11H10ClN2/c1-8-4-3-5-10(9(8)2)14-7-6-11(12)13-14/h3-5,7H,1-2H3. The third-order valence-electron chi connectivity index (χ3n) is 2.32. The van der Waals surface area contributed by atoms with E-state index < -0.39 is 0 Å². The van der Waals surface area contributed by atoms with Gasteiger partial charge in [-0.1, -0.05) is 23.7 Å². The molecule has 1 aromatic carbocycles. The number of benzene rings is 1. The molecule has 14 heavy (non-hydrogen) atoms. The fourth-order valence-electron chi connectivity index (χ4n) is 1.37. The average Bonchev–Trinajstić information content (AvgIpc) is 2.57. The molecule has 1 aromatic heterocycles. The second-order valence-electron chi connectivity index (χ2n) is 3.23. The normalized spacial score (nSPS) is 10.5. The van der Waals surface area contributed by atoms with Gasteiger partial charge in [-0.25, -0.2) is 4.68 Å². The highest BCUT2D eigenvalue weighted by molar-refractivity contribution is 6.29. The van der Waals surface area contributed by atoms with Crippen LogP contribution in [0.2, 0.25) is 5.15 Å². The maximum Gasteiger partial charge on any atom is 0.159 e. The van der Waals surface area contributed by atoms with Crippen molar-refractivity contribution in [2.45, 2.75) is 13.8 Å². The van der Waals surface area contributed by atoms with Crippen LogP contribution in [0.25, 0.3) is 5.69 Å². The molecule has 0 saturated heterocycles. The molecule has 2 aromatic rings. The smallest absolute Gasteiger partial charge is 0.159 e. The van der Waals surface area contributed by atoms with Crippen molar-refractivity contribution in [1.29, 1.82) is 0 Å². The molecular formula is C11H10ClN2. The van der Waals surface area contributed by atoms with Crippen molar-refractivity contribution in [2.24, 2.45) is 0 Å². The maximum absolute atomic E-state index is 5.71. The number of hydrogen-bond acceptors (Lipinski definition) is 1. The molecular weight excluding hydrogens is 196 g/mol. The lowest BCUT2D eigenvalue weighted by molar-refractivity contribution is 0.871. The summed E-state index contributed by atoms with van der Waals surface area (Å²) in [6, 6.07) is 8.93. The largest absolute Gasteiger partial charge is 0.239 e. The van der Waals surface area contributed by atoms with Crippen LogP contribution in [0, 0.1) is 19.9 Å². The Balaban J connectivity index is 2.57. The quantitative estimate of drug-likeness (QED) is 0.700. The van der Waals surface area contributed by atoms with Crippen molar-refractivity contribution in [1.82, 2.24) is 9.78 Å². The number of halogens is 1. The summed E-state index contributed by atoms with van der Waals surface area (Å²) < 4.78 is 1.74. The minimum absolute atomic E-state index is 0.394. The Morgan fingerprint density at radius 1 is 1.36 bits per heavy atom. The Kier molecular flexibility index (Phi) is 2.30. The summed E-state index contributed by atoms with van der Waals surface area (Å²) in [5.41, 5.74) is 3.50. The third kappa shape index (κ3) is 1.53. The molecule has 0 spiro atoms. The lowest BCUT2D eigenvalue weighted by Crippen LogP contribution is -1.98. The van der Waals surface area contributed by atoms with Crippen molar-refractivity contribution in [2.75, 3.05) is 0 Å². The first-order chi connectivity index (χ1) is 6.68. The molecule has 0 bridgehead atoms. The number of rotatable bonds is 1. The SMILES string of the molecule is Cc1cccc(-n2c[c]c(Cl)n2)c1C. The van der Waals surface area contributed by atoms with Crippen LogP contribution < -0.4 is 0 Å². The van der Waals surface area contributed by atoms with Crippen LogP contribution in [0.4, 0.5) is 0 Å². The highest BCUT2D eigenvalue weighted by Crippen LogP contribution is 2.17. The number of aryl methyl sites for hydroxylation is 1. The lowest BCUT2D eigenvalue weighted by atomic mass is 10.1. The van der Waals surface area contributed by atoms with Gasteiger partial charge in [-0.15, -0.1) is 0 Å². The Bertz CT molecular complexity index is 460. The highest BCUT2D eigenvalue weighted by atomic mass is 35.5. The summed E-state index contributed by atoms with van der Waals surface area (Å²) >= 11 is 5.71. The second-order valence-corrected chi connectivity index (χ2v) is 3.59. The summed E-state index contributed by atoms with van der Waals surface area (Å²) in [7, 11) is 0. The summed E-state index contributed by atoms with van der Waals surface area (Å²) in [6.07, 6.45) is 1.74. The fraction of sp³-hybridized carbons (Fsp3) is 0.182. The van der Waals surface area contributed by atoms with E-state index in [0.717, 1.165) is 5.69 Å². The molecule has 0 saturated carbocycles. The molecule has 3 heteroatoms. The van der Waals surface area contributed by atoms with Crippen molar-refractivity contribution in [3.8, 4) is 5.69 Å². The van der Waals surface area contributed by atoms with Gasteiger partial charge < -0.3 is 0 Å².